The molecule has 0 heterocycles. The van der Waals surface area contributed by atoms with Gasteiger partial charge >= 0.3 is 5.97 Å². The van der Waals surface area contributed by atoms with E-state index < -0.39 is 5.97 Å². The van der Waals surface area contributed by atoms with E-state index in [-0.39, 0.29) is 17.3 Å². The van der Waals surface area contributed by atoms with Gasteiger partial charge in [0.05, 0.1) is 5.56 Å². The zero-order chi connectivity index (χ0) is 12.7. The van der Waals surface area contributed by atoms with Crippen molar-refractivity contribution in [1.29, 1.82) is 0 Å². The number of hydrogen-bond donors (Lipinski definition) is 1. The number of carbonyl (C=O) groups excluding carboxylic acids is 1. The lowest BCUT2D eigenvalue weighted by Gasteiger charge is -2.04. The van der Waals surface area contributed by atoms with Crippen molar-refractivity contribution in [2.24, 2.45) is 5.92 Å². The molecule has 1 N–H and O–H groups in total. The molecule has 0 unspecified atom stereocenters. The molecule has 3 nitrogen and oxygen atoms in total. The molecule has 88 valence electrons. The Morgan fingerprint density at radius 2 is 1.62 bits per heavy atom. The van der Waals surface area contributed by atoms with E-state index in [1.165, 1.54) is 12.1 Å². The molecular weight excluding hydrogens is 204 g/mol. The molecule has 0 radical (unpaired) electrons. The highest BCUT2D eigenvalue weighted by Crippen LogP contribution is 2.10. The molecule has 16 heavy (non-hydrogen) atoms. The van der Waals surface area contributed by atoms with E-state index in [0.29, 0.717) is 5.56 Å². The molecule has 0 amide bonds. The Bertz CT molecular complexity index is 367. The lowest BCUT2D eigenvalue weighted by atomic mass is 9.99. The smallest absolute Gasteiger partial charge is 0.335 e. The summed E-state index contributed by atoms with van der Waals surface area (Å²) in [5.41, 5.74) is 0.608. The fourth-order valence-corrected chi connectivity index (χ4v) is 1.14. The number of carboxylic acid groups (broad SMARTS) is 1. The normalized spacial score (nSPS) is 9.31. The van der Waals surface area contributed by atoms with Crippen molar-refractivity contribution in [1.82, 2.24) is 0 Å². The second-order valence-electron chi connectivity index (χ2n) is 3.40. The first kappa shape index (κ1) is 14.4. The number of carboxylic acids is 1. The summed E-state index contributed by atoms with van der Waals surface area (Å²) in [4.78, 5) is 22.2. The van der Waals surface area contributed by atoms with Crippen molar-refractivity contribution >= 4 is 11.8 Å². The second kappa shape index (κ2) is 6.77. The van der Waals surface area contributed by atoms with Gasteiger partial charge < -0.3 is 5.11 Å². The quantitative estimate of drug-likeness (QED) is 0.799. The average Bonchev–Trinajstić information content (AvgIpc) is 2.30. The summed E-state index contributed by atoms with van der Waals surface area (Å²) in [6.07, 6.45) is 0. The third-order valence-corrected chi connectivity index (χ3v) is 1.92. The lowest BCUT2D eigenvalue weighted by Crippen LogP contribution is -2.08. The number of rotatable bonds is 3. The largest absolute Gasteiger partial charge is 0.478 e. The molecule has 0 atom stereocenters. The van der Waals surface area contributed by atoms with Crippen LogP contribution in [-0.2, 0) is 0 Å². The highest BCUT2D eigenvalue weighted by molar-refractivity contribution is 5.99. The molecular formula is C13H18O3. The van der Waals surface area contributed by atoms with Crippen molar-refractivity contribution in [2.75, 3.05) is 0 Å². The Morgan fingerprint density at radius 1 is 1.12 bits per heavy atom. The molecule has 0 aromatic heterocycles. The van der Waals surface area contributed by atoms with Gasteiger partial charge in [-0.2, -0.15) is 0 Å². The zero-order valence-corrected chi connectivity index (χ0v) is 10.2. The Kier molecular flexibility index (Phi) is 6.08. The van der Waals surface area contributed by atoms with Gasteiger partial charge in [-0.25, -0.2) is 4.79 Å². The summed E-state index contributed by atoms with van der Waals surface area (Å²) in [5.74, 6) is -1.16. The topological polar surface area (TPSA) is 54.4 Å². The number of hydrogen-bond acceptors (Lipinski definition) is 2. The molecule has 1 aromatic carbocycles. The predicted molar refractivity (Wildman–Crippen MR) is 63.9 cm³/mol. The van der Waals surface area contributed by atoms with Crippen molar-refractivity contribution < 1.29 is 14.7 Å². The van der Waals surface area contributed by atoms with Gasteiger partial charge in [0.1, 0.15) is 0 Å². The van der Waals surface area contributed by atoms with E-state index in [2.05, 4.69) is 0 Å². The molecule has 3 heteroatoms. The number of ketones is 1. The minimum atomic E-state index is -1.01. The molecule has 0 saturated heterocycles. The molecule has 0 spiro atoms. The summed E-state index contributed by atoms with van der Waals surface area (Å²) < 4.78 is 0. The van der Waals surface area contributed by atoms with Gasteiger partial charge in [-0.05, 0) is 12.1 Å². The van der Waals surface area contributed by atoms with Crippen molar-refractivity contribution in [2.45, 2.75) is 27.7 Å². The molecule has 0 aliphatic heterocycles. The van der Waals surface area contributed by atoms with Crippen LogP contribution in [0, 0.1) is 5.92 Å². The van der Waals surface area contributed by atoms with E-state index in [0.717, 1.165) is 0 Å². The van der Waals surface area contributed by atoms with Crippen molar-refractivity contribution in [3.8, 4) is 0 Å². The van der Waals surface area contributed by atoms with Gasteiger partial charge in [0.2, 0.25) is 0 Å². The SMILES string of the molecule is CC.CC(C)C(=O)c1cccc(C(=O)O)c1. The summed E-state index contributed by atoms with van der Waals surface area (Å²) >= 11 is 0. The summed E-state index contributed by atoms with van der Waals surface area (Å²) in [6.45, 7) is 7.57. The molecule has 0 aliphatic carbocycles. The van der Waals surface area contributed by atoms with Crippen LogP contribution in [0.5, 0.6) is 0 Å². The molecule has 0 saturated carbocycles. The zero-order valence-electron chi connectivity index (χ0n) is 10.2. The molecule has 1 rings (SSSR count). The first-order valence-electron chi connectivity index (χ1n) is 5.40. The van der Waals surface area contributed by atoms with Gasteiger partial charge in [0, 0.05) is 11.5 Å². The van der Waals surface area contributed by atoms with E-state index in [9.17, 15) is 9.59 Å². The summed E-state index contributed by atoms with van der Waals surface area (Å²) in [7, 11) is 0. The van der Waals surface area contributed by atoms with Crippen LogP contribution in [0.15, 0.2) is 24.3 Å². The van der Waals surface area contributed by atoms with E-state index in [1.54, 1.807) is 26.0 Å². The van der Waals surface area contributed by atoms with Crippen LogP contribution in [0.1, 0.15) is 48.4 Å². The molecule has 1 aromatic rings. The number of aromatic carboxylic acids is 1. The number of benzene rings is 1. The Morgan fingerprint density at radius 3 is 2.06 bits per heavy atom. The lowest BCUT2D eigenvalue weighted by molar-refractivity contribution is 0.0697. The first-order valence-corrected chi connectivity index (χ1v) is 5.40. The second-order valence-corrected chi connectivity index (χ2v) is 3.40. The van der Waals surface area contributed by atoms with Crippen LogP contribution in [0.3, 0.4) is 0 Å². The molecule has 0 aliphatic rings. The van der Waals surface area contributed by atoms with Crippen molar-refractivity contribution in [3.63, 3.8) is 0 Å². The van der Waals surface area contributed by atoms with Crippen LogP contribution in [0.4, 0.5) is 0 Å². The molecule has 0 bridgehead atoms. The van der Waals surface area contributed by atoms with Crippen LogP contribution >= 0.6 is 0 Å². The van der Waals surface area contributed by atoms with Crippen molar-refractivity contribution in [3.05, 3.63) is 35.4 Å². The van der Waals surface area contributed by atoms with Crippen LogP contribution in [0.2, 0.25) is 0 Å². The maximum Gasteiger partial charge on any atom is 0.335 e. The summed E-state index contributed by atoms with van der Waals surface area (Å²) in [6, 6.07) is 6.10. The fraction of sp³-hybridized carbons (Fsp3) is 0.385. The van der Waals surface area contributed by atoms with Gasteiger partial charge in [-0.3, -0.25) is 4.79 Å². The van der Waals surface area contributed by atoms with Gasteiger partial charge in [-0.1, -0.05) is 39.8 Å². The average molecular weight is 222 g/mol. The van der Waals surface area contributed by atoms with Gasteiger partial charge in [-0.15, -0.1) is 0 Å². The number of carbonyl (C=O) groups is 2. The van der Waals surface area contributed by atoms with Crippen LogP contribution in [0.25, 0.3) is 0 Å². The standard InChI is InChI=1S/C11H12O3.C2H6/c1-7(2)10(12)8-4-3-5-9(6-8)11(13)14;1-2/h3-7H,1-2H3,(H,13,14);1-2H3. The molecule has 0 fully saturated rings. The third-order valence-electron chi connectivity index (χ3n) is 1.92. The minimum Gasteiger partial charge on any atom is -0.478 e. The predicted octanol–water partition coefficient (Wildman–Crippen LogP) is 3.25. The van der Waals surface area contributed by atoms with E-state index in [4.69, 9.17) is 5.11 Å². The van der Waals surface area contributed by atoms with E-state index >= 15 is 0 Å². The highest BCUT2D eigenvalue weighted by atomic mass is 16.4. The first-order chi connectivity index (χ1) is 7.52. The van der Waals surface area contributed by atoms with Gasteiger partial charge in [0.15, 0.2) is 5.78 Å². The van der Waals surface area contributed by atoms with Gasteiger partial charge in [0.25, 0.3) is 0 Å². The summed E-state index contributed by atoms with van der Waals surface area (Å²) in [5, 5.41) is 8.72. The fourth-order valence-electron chi connectivity index (χ4n) is 1.14. The van der Waals surface area contributed by atoms with Crippen LogP contribution in [-0.4, -0.2) is 16.9 Å². The Labute approximate surface area is 96.1 Å². The number of Topliss-reactive ketones (excluding diaryl/α,β-unsaturated/α-hetero) is 1. The maximum absolute atomic E-state index is 11.5. The van der Waals surface area contributed by atoms with E-state index in [1.807, 2.05) is 13.8 Å². The van der Waals surface area contributed by atoms with Crippen LogP contribution < -0.4 is 0 Å². The highest BCUT2D eigenvalue weighted by Gasteiger charge is 2.12. The Hall–Kier alpha value is -1.64. The third kappa shape index (κ3) is 3.85. The Balaban J connectivity index is 0.00000106. The maximum atomic E-state index is 11.5. The monoisotopic (exact) mass is 222 g/mol. The minimum absolute atomic E-state index is 0.0342.